The minimum Gasteiger partial charge on any atom is -0.319 e. The number of hydrogen-bond donors (Lipinski definition) is 2. The smallest absolute Gasteiger partial charge is 0.319 e. The minimum absolute atomic E-state index is 0.0234. The molecule has 0 spiro atoms. The fourth-order valence-corrected chi connectivity index (χ4v) is 2.30. The van der Waals surface area contributed by atoms with Crippen LogP contribution < -0.4 is 11.0 Å². The Labute approximate surface area is 132 Å². The molecule has 0 bridgehead atoms. The van der Waals surface area contributed by atoms with Gasteiger partial charge in [0.2, 0.25) is 5.82 Å². The van der Waals surface area contributed by atoms with Crippen molar-refractivity contribution in [1.82, 2.24) is 14.8 Å². The van der Waals surface area contributed by atoms with Crippen LogP contribution in [-0.4, -0.2) is 20.7 Å². The maximum Gasteiger partial charge on any atom is 0.348 e. The number of aromatic nitrogens is 3. The van der Waals surface area contributed by atoms with Crippen molar-refractivity contribution >= 4 is 11.6 Å². The van der Waals surface area contributed by atoms with E-state index in [2.05, 4.69) is 15.4 Å². The van der Waals surface area contributed by atoms with Crippen molar-refractivity contribution in [2.24, 2.45) is 0 Å². The topological polar surface area (TPSA) is 79.8 Å². The van der Waals surface area contributed by atoms with E-state index in [0.29, 0.717) is 5.69 Å². The molecule has 6 heteroatoms. The second kappa shape index (κ2) is 6.31. The first-order chi connectivity index (χ1) is 11.2. The van der Waals surface area contributed by atoms with Crippen LogP contribution in [-0.2, 0) is 6.42 Å². The molecular formula is C17H16N4O2. The summed E-state index contributed by atoms with van der Waals surface area (Å²) in [6.07, 6.45) is 0.797. The van der Waals surface area contributed by atoms with Crippen LogP contribution in [0, 0.1) is 0 Å². The quantitative estimate of drug-likeness (QED) is 0.776. The van der Waals surface area contributed by atoms with Crippen LogP contribution in [0.3, 0.4) is 0 Å². The van der Waals surface area contributed by atoms with Crippen LogP contribution in [0.1, 0.15) is 23.1 Å². The number of aryl methyl sites for hydroxylation is 1. The number of anilines is 1. The SMILES string of the molecule is CCc1ccccc1NC(=O)c1nn(-c2ccccc2)c(=O)[nH]1. The number of rotatable bonds is 4. The summed E-state index contributed by atoms with van der Waals surface area (Å²) in [6.45, 7) is 2.01. The molecular weight excluding hydrogens is 292 g/mol. The molecule has 116 valence electrons. The fourth-order valence-electron chi connectivity index (χ4n) is 2.30. The van der Waals surface area contributed by atoms with Gasteiger partial charge in [0.25, 0.3) is 5.91 Å². The summed E-state index contributed by atoms with van der Waals surface area (Å²) in [5.41, 5.74) is 1.88. The van der Waals surface area contributed by atoms with Gasteiger partial charge < -0.3 is 5.32 Å². The highest BCUT2D eigenvalue weighted by molar-refractivity contribution is 6.01. The third-order valence-corrected chi connectivity index (χ3v) is 3.48. The maximum atomic E-state index is 12.3. The van der Waals surface area contributed by atoms with E-state index in [0.717, 1.165) is 17.7 Å². The summed E-state index contributed by atoms with van der Waals surface area (Å²) < 4.78 is 1.17. The first-order valence-electron chi connectivity index (χ1n) is 7.33. The van der Waals surface area contributed by atoms with Gasteiger partial charge in [0.15, 0.2) is 0 Å². The largest absolute Gasteiger partial charge is 0.348 e. The van der Waals surface area contributed by atoms with E-state index in [1.165, 1.54) is 4.68 Å². The van der Waals surface area contributed by atoms with Crippen LogP contribution in [0.5, 0.6) is 0 Å². The third kappa shape index (κ3) is 3.06. The Morgan fingerprint density at radius 3 is 2.57 bits per heavy atom. The fraction of sp³-hybridized carbons (Fsp3) is 0.118. The standard InChI is InChI=1S/C17H16N4O2/c1-2-12-8-6-7-11-14(12)18-16(22)15-19-17(23)21(20-15)13-9-4-3-5-10-13/h3-11H,2H2,1H3,(H,18,22)(H,19,20,23). The van der Waals surface area contributed by atoms with Crippen LogP contribution in [0.15, 0.2) is 59.4 Å². The first kappa shape index (κ1) is 14.8. The highest BCUT2D eigenvalue weighted by atomic mass is 16.2. The molecule has 2 N–H and O–H groups in total. The van der Waals surface area contributed by atoms with Crippen molar-refractivity contribution < 1.29 is 4.79 Å². The van der Waals surface area contributed by atoms with Crippen molar-refractivity contribution in [3.63, 3.8) is 0 Å². The van der Waals surface area contributed by atoms with Crippen molar-refractivity contribution in [2.45, 2.75) is 13.3 Å². The summed E-state index contributed by atoms with van der Waals surface area (Å²) in [5.74, 6) is -0.470. The van der Waals surface area contributed by atoms with Crippen molar-refractivity contribution in [3.05, 3.63) is 76.5 Å². The number of nitrogens with one attached hydrogen (secondary N) is 2. The normalized spacial score (nSPS) is 10.5. The molecule has 0 fully saturated rings. The molecule has 1 aromatic heterocycles. The number of carbonyl (C=O) groups is 1. The van der Waals surface area contributed by atoms with Gasteiger partial charge in [-0.25, -0.2) is 4.79 Å². The molecule has 0 aliphatic carbocycles. The summed E-state index contributed by atoms with van der Waals surface area (Å²) >= 11 is 0. The Kier molecular flexibility index (Phi) is 4.05. The van der Waals surface area contributed by atoms with Crippen LogP contribution in [0.25, 0.3) is 5.69 Å². The van der Waals surface area contributed by atoms with Gasteiger partial charge in [-0.15, -0.1) is 5.10 Å². The Balaban J connectivity index is 1.88. The number of H-pyrrole nitrogens is 1. The maximum absolute atomic E-state index is 12.3. The molecule has 0 radical (unpaired) electrons. The van der Waals surface area contributed by atoms with Crippen molar-refractivity contribution in [2.75, 3.05) is 5.32 Å². The third-order valence-electron chi connectivity index (χ3n) is 3.48. The van der Waals surface area contributed by atoms with E-state index < -0.39 is 11.6 Å². The number of para-hydroxylation sites is 2. The van der Waals surface area contributed by atoms with E-state index in [1.54, 1.807) is 24.3 Å². The van der Waals surface area contributed by atoms with E-state index in [1.807, 2.05) is 37.3 Å². The zero-order valence-electron chi connectivity index (χ0n) is 12.6. The Morgan fingerprint density at radius 2 is 1.83 bits per heavy atom. The minimum atomic E-state index is -0.454. The second-order valence-electron chi connectivity index (χ2n) is 4.99. The molecule has 0 aliphatic heterocycles. The van der Waals surface area contributed by atoms with E-state index in [9.17, 15) is 9.59 Å². The molecule has 0 aliphatic rings. The molecule has 0 saturated carbocycles. The lowest BCUT2D eigenvalue weighted by Gasteiger charge is -2.07. The average molecular weight is 308 g/mol. The van der Waals surface area contributed by atoms with E-state index >= 15 is 0 Å². The monoisotopic (exact) mass is 308 g/mol. The van der Waals surface area contributed by atoms with Gasteiger partial charge in [0.1, 0.15) is 0 Å². The summed E-state index contributed by atoms with van der Waals surface area (Å²) in [6, 6.07) is 16.5. The molecule has 0 atom stereocenters. The zero-order chi connectivity index (χ0) is 16.2. The number of aromatic amines is 1. The zero-order valence-corrected chi connectivity index (χ0v) is 12.6. The van der Waals surface area contributed by atoms with Gasteiger partial charge >= 0.3 is 5.69 Å². The van der Waals surface area contributed by atoms with Crippen LogP contribution in [0.2, 0.25) is 0 Å². The Bertz CT molecular complexity index is 881. The molecule has 3 aromatic rings. The molecule has 1 amide bonds. The number of carbonyl (C=O) groups excluding carboxylic acids is 1. The molecule has 0 saturated heterocycles. The molecule has 23 heavy (non-hydrogen) atoms. The Morgan fingerprint density at radius 1 is 1.13 bits per heavy atom. The van der Waals surface area contributed by atoms with Gasteiger partial charge in [-0.05, 0) is 30.2 Å². The highest BCUT2D eigenvalue weighted by Crippen LogP contribution is 2.15. The summed E-state index contributed by atoms with van der Waals surface area (Å²) in [5, 5.41) is 6.85. The highest BCUT2D eigenvalue weighted by Gasteiger charge is 2.15. The van der Waals surface area contributed by atoms with Gasteiger partial charge in [-0.2, -0.15) is 4.68 Å². The lowest BCUT2D eigenvalue weighted by atomic mass is 10.1. The van der Waals surface area contributed by atoms with Gasteiger partial charge in [0.05, 0.1) is 5.69 Å². The predicted molar refractivity (Wildman–Crippen MR) is 88.0 cm³/mol. The van der Waals surface area contributed by atoms with Crippen LogP contribution in [0.4, 0.5) is 5.69 Å². The number of nitrogens with zero attached hydrogens (tertiary/aromatic N) is 2. The number of hydrogen-bond acceptors (Lipinski definition) is 3. The summed E-state index contributed by atoms with van der Waals surface area (Å²) in [7, 11) is 0. The van der Waals surface area contributed by atoms with Crippen molar-refractivity contribution in [3.8, 4) is 5.69 Å². The van der Waals surface area contributed by atoms with Gasteiger partial charge in [-0.1, -0.05) is 43.3 Å². The first-order valence-corrected chi connectivity index (χ1v) is 7.33. The van der Waals surface area contributed by atoms with E-state index in [-0.39, 0.29) is 5.82 Å². The molecule has 2 aromatic carbocycles. The molecule has 1 heterocycles. The Hall–Kier alpha value is -3.15. The van der Waals surface area contributed by atoms with Gasteiger partial charge in [0, 0.05) is 5.69 Å². The second-order valence-corrected chi connectivity index (χ2v) is 4.99. The number of amides is 1. The van der Waals surface area contributed by atoms with E-state index in [4.69, 9.17) is 0 Å². The van der Waals surface area contributed by atoms with Crippen molar-refractivity contribution in [1.29, 1.82) is 0 Å². The average Bonchev–Trinajstić information content (AvgIpc) is 2.98. The molecule has 3 rings (SSSR count). The molecule has 6 nitrogen and oxygen atoms in total. The number of benzene rings is 2. The van der Waals surface area contributed by atoms with Crippen LogP contribution >= 0.6 is 0 Å². The lowest BCUT2D eigenvalue weighted by Crippen LogP contribution is -2.16. The van der Waals surface area contributed by atoms with Gasteiger partial charge in [-0.3, -0.25) is 9.78 Å². The lowest BCUT2D eigenvalue weighted by molar-refractivity contribution is 0.101. The molecule has 0 unspecified atom stereocenters. The summed E-state index contributed by atoms with van der Waals surface area (Å²) in [4.78, 5) is 26.8. The predicted octanol–water partition coefficient (Wildman–Crippen LogP) is 2.38.